The standard InChI is InChI=1S/C22H32N6O3/c1-3-5-15-28-19(21(30)24-13-11-17-9-7-6-8-10-17)20(26-16-18(29)31-4-2)27-22(28)25-14-12-23/h6-10,22,25-27H,4,11-16,23H2,1-2H3,(H,24,30). The van der Waals surface area contributed by atoms with Crippen molar-refractivity contribution in [2.75, 3.05) is 39.3 Å². The largest absolute Gasteiger partial charge is 0.465 e. The minimum atomic E-state index is -0.404. The minimum Gasteiger partial charge on any atom is -0.465 e. The molecule has 168 valence electrons. The number of hydrogen-bond donors (Lipinski definition) is 5. The predicted molar refractivity (Wildman–Crippen MR) is 119 cm³/mol. The molecule has 0 aromatic heterocycles. The first kappa shape index (κ1) is 24.1. The van der Waals surface area contributed by atoms with Crippen molar-refractivity contribution in [3.8, 4) is 11.8 Å². The number of ether oxygens (including phenoxy) is 1. The molecule has 1 amide bonds. The van der Waals surface area contributed by atoms with Gasteiger partial charge in [0.15, 0.2) is 6.29 Å². The van der Waals surface area contributed by atoms with E-state index in [0.29, 0.717) is 50.7 Å². The topological polar surface area (TPSA) is 121 Å². The van der Waals surface area contributed by atoms with Gasteiger partial charge in [-0.2, -0.15) is 0 Å². The van der Waals surface area contributed by atoms with Crippen LogP contribution in [0.25, 0.3) is 0 Å². The third-order valence-electron chi connectivity index (χ3n) is 4.50. The highest BCUT2D eigenvalue weighted by molar-refractivity contribution is 5.94. The van der Waals surface area contributed by atoms with E-state index in [1.807, 2.05) is 35.2 Å². The molecule has 0 spiro atoms. The van der Waals surface area contributed by atoms with Crippen molar-refractivity contribution in [3.05, 3.63) is 47.4 Å². The molecule has 0 bridgehead atoms. The lowest BCUT2D eigenvalue weighted by molar-refractivity contribution is -0.141. The molecule has 9 nitrogen and oxygen atoms in total. The molecule has 1 unspecified atom stereocenters. The van der Waals surface area contributed by atoms with Crippen LogP contribution in [-0.2, 0) is 20.7 Å². The van der Waals surface area contributed by atoms with E-state index in [1.54, 1.807) is 13.8 Å². The van der Waals surface area contributed by atoms with Crippen LogP contribution in [0.4, 0.5) is 0 Å². The van der Waals surface area contributed by atoms with Crippen LogP contribution in [0.15, 0.2) is 41.8 Å². The van der Waals surface area contributed by atoms with E-state index in [0.717, 1.165) is 5.56 Å². The molecular formula is C22H32N6O3. The maximum Gasteiger partial charge on any atom is 0.325 e. The number of carbonyl (C=O) groups excluding carboxylic acids is 2. The van der Waals surface area contributed by atoms with Crippen molar-refractivity contribution in [3.63, 3.8) is 0 Å². The lowest BCUT2D eigenvalue weighted by Gasteiger charge is -2.27. The van der Waals surface area contributed by atoms with E-state index in [1.165, 1.54) is 0 Å². The number of benzene rings is 1. The number of nitrogens with zero attached hydrogens (tertiary/aromatic N) is 1. The Labute approximate surface area is 183 Å². The van der Waals surface area contributed by atoms with Crippen LogP contribution in [0, 0.1) is 11.8 Å². The molecule has 1 aromatic carbocycles. The molecule has 1 aliphatic rings. The van der Waals surface area contributed by atoms with E-state index in [4.69, 9.17) is 10.5 Å². The first-order chi connectivity index (χ1) is 15.1. The van der Waals surface area contributed by atoms with Crippen LogP contribution in [0.1, 0.15) is 19.4 Å². The third kappa shape index (κ3) is 7.51. The molecule has 2 rings (SSSR count). The maximum absolute atomic E-state index is 13.1. The Bertz CT molecular complexity index is 816. The zero-order valence-electron chi connectivity index (χ0n) is 18.2. The Morgan fingerprint density at radius 3 is 2.71 bits per heavy atom. The fourth-order valence-electron chi connectivity index (χ4n) is 3.07. The highest BCUT2D eigenvalue weighted by atomic mass is 16.5. The number of rotatable bonds is 12. The molecule has 6 N–H and O–H groups in total. The van der Waals surface area contributed by atoms with Gasteiger partial charge in [-0.05, 0) is 25.8 Å². The van der Waals surface area contributed by atoms with Crippen molar-refractivity contribution >= 4 is 11.9 Å². The van der Waals surface area contributed by atoms with Gasteiger partial charge in [-0.3, -0.25) is 14.9 Å². The number of esters is 1. The van der Waals surface area contributed by atoms with E-state index in [-0.39, 0.29) is 18.7 Å². The van der Waals surface area contributed by atoms with Gasteiger partial charge >= 0.3 is 5.97 Å². The van der Waals surface area contributed by atoms with Crippen molar-refractivity contribution in [2.24, 2.45) is 5.73 Å². The van der Waals surface area contributed by atoms with Gasteiger partial charge in [-0.15, -0.1) is 5.92 Å². The van der Waals surface area contributed by atoms with Crippen LogP contribution < -0.4 is 27.0 Å². The first-order valence-electron chi connectivity index (χ1n) is 10.4. The van der Waals surface area contributed by atoms with Gasteiger partial charge in [0.1, 0.15) is 18.1 Å². The van der Waals surface area contributed by atoms with Crippen LogP contribution in [-0.4, -0.2) is 62.4 Å². The summed E-state index contributed by atoms with van der Waals surface area (Å²) in [5.41, 5.74) is 7.15. The monoisotopic (exact) mass is 428 g/mol. The number of hydrogen-bond acceptors (Lipinski definition) is 8. The summed E-state index contributed by atoms with van der Waals surface area (Å²) in [6.45, 7) is 5.51. The summed E-state index contributed by atoms with van der Waals surface area (Å²) < 4.78 is 4.97. The Kier molecular flexibility index (Phi) is 10.2. The van der Waals surface area contributed by atoms with Gasteiger partial charge in [-0.25, -0.2) is 0 Å². The summed E-state index contributed by atoms with van der Waals surface area (Å²) >= 11 is 0. The van der Waals surface area contributed by atoms with E-state index in [9.17, 15) is 9.59 Å². The molecule has 31 heavy (non-hydrogen) atoms. The van der Waals surface area contributed by atoms with Gasteiger partial charge in [0, 0.05) is 19.6 Å². The van der Waals surface area contributed by atoms with Crippen LogP contribution in [0.3, 0.4) is 0 Å². The second-order valence-electron chi connectivity index (χ2n) is 6.72. The molecular weight excluding hydrogens is 396 g/mol. The molecule has 0 saturated heterocycles. The molecule has 0 radical (unpaired) electrons. The van der Waals surface area contributed by atoms with Crippen molar-refractivity contribution in [1.29, 1.82) is 0 Å². The second kappa shape index (κ2) is 13.2. The minimum absolute atomic E-state index is 0.0616. The number of carbonyl (C=O) groups is 2. The first-order valence-corrected chi connectivity index (χ1v) is 10.4. The van der Waals surface area contributed by atoms with Crippen LogP contribution in [0.5, 0.6) is 0 Å². The highest BCUT2D eigenvalue weighted by Crippen LogP contribution is 2.17. The molecule has 0 saturated carbocycles. The molecule has 1 heterocycles. The number of nitrogens with two attached hydrogens (primary N) is 1. The molecule has 1 aliphatic heterocycles. The smallest absolute Gasteiger partial charge is 0.325 e. The van der Waals surface area contributed by atoms with E-state index < -0.39 is 5.97 Å². The lowest BCUT2D eigenvalue weighted by atomic mass is 10.1. The highest BCUT2D eigenvalue weighted by Gasteiger charge is 2.34. The fraction of sp³-hybridized carbons (Fsp3) is 0.455. The summed E-state index contributed by atoms with van der Waals surface area (Å²) in [4.78, 5) is 26.7. The van der Waals surface area contributed by atoms with E-state index >= 15 is 0 Å². The fourth-order valence-corrected chi connectivity index (χ4v) is 3.07. The summed E-state index contributed by atoms with van der Waals surface area (Å²) in [6, 6.07) is 9.93. The SMILES string of the molecule is CC#CCN1C(C(=O)NCCc2ccccc2)=C(NCC(=O)OCC)NC1NCCN. The average Bonchev–Trinajstić information content (AvgIpc) is 3.13. The van der Waals surface area contributed by atoms with Crippen molar-refractivity contribution in [2.45, 2.75) is 26.6 Å². The molecule has 9 heteroatoms. The Morgan fingerprint density at radius 2 is 2.03 bits per heavy atom. The maximum atomic E-state index is 13.1. The Hall–Kier alpha value is -3.22. The van der Waals surface area contributed by atoms with Gasteiger partial charge < -0.3 is 31.3 Å². The summed E-state index contributed by atoms with van der Waals surface area (Å²) in [7, 11) is 0. The van der Waals surface area contributed by atoms with E-state index in [2.05, 4.69) is 33.1 Å². The molecule has 1 aromatic rings. The van der Waals surface area contributed by atoms with Gasteiger partial charge in [0.25, 0.3) is 5.91 Å². The normalized spacial score (nSPS) is 15.1. The summed E-state index contributed by atoms with van der Waals surface area (Å²) in [5, 5.41) is 12.4. The quantitative estimate of drug-likeness (QED) is 0.222. The average molecular weight is 429 g/mol. The van der Waals surface area contributed by atoms with Gasteiger partial charge in [-0.1, -0.05) is 36.3 Å². The molecule has 1 atom stereocenters. The lowest BCUT2D eigenvalue weighted by Crippen LogP contribution is -2.52. The molecule has 0 fully saturated rings. The second-order valence-corrected chi connectivity index (χ2v) is 6.72. The van der Waals surface area contributed by atoms with Gasteiger partial charge in [0.05, 0.1) is 13.2 Å². The van der Waals surface area contributed by atoms with Crippen LogP contribution >= 0.6 is 0 Å². The Balaban J connectivity index is 2.15. The zero-order chi connectivity index (χ0) is 22.5. The van der Waals surface area contributed by atoms with Gasteiger partial charge in [0.2, 0.25) is 0 Å². The third-order valence-corrected chi connectivity index (χ3v) is 4.50. The van der Waals surface area contributed by atoms with Crippen molar-refractivity contribution < 1.29 is 14.3 Å². The van der Waals surface area contributed by atoms with Crippen LogP contribution in [0.2, 0.25) is 0 Å². The molecule has 0 aliphatic carbocycles. The van der Waals surface area contributed by atoms with Crippen molar-refractivity contribution in [1.82, 2.24) is 26.2 Å². The number of nitrogens with one attached hydrogen (secondary N) is 4. The number of amides is 1. The summed E-state index contributed by atoms with van der Waals surface area (Å²) in [6.07, 6.45) is 0.326. The Morgan fingerprint density at radius 1 is 1.26 bits per heavy atom. The zero-order valence-corrected chi connectivity index (χ0v) is 18.2. The predicted octanol–water partition coefficient (Wildman–Crippen LogP) is -0.572. The summed E-state index contributed by atoms with van der Waals surface area (Å²) in [5.74, 6) is 5.64.